The summed E-state index contributed by atoms with van der Waals surface area (Å²) < 4.78 is 0. The summed E-state index contributed by atoms with van der Waals surface area (Å²) in [5.41, 5.74) is 0.625. The molecule has 1 aromatic carbocycles. The number of hydrogen-bond acceptors (Lipinski definition) is 4. The molecule has 0 bridgehead atoms. The second kappa shape index (κ2) is 4.58. The first-order chi connectivity index (χ1) is 8.52. The maximum absolute atomic E-state index is 11.9. The van der Waals surface area contributed by atoms with E-state index in [0.717, 1.165) is 4.90 Å². The highest BCUT2D eigenvalue weighted by Gasteiger charge is 2.35. The molecular weight excluding hydrogens is 238 g/mol. The van der Waals surface area contributed by atoms with Crippen molar-refractivity contribution < 1.29 is 24.6 Å². The van der Waals surface area contributed by atoms with E-state index in [1.54, 1.807) is 24.3 Å². The summed E-state index contributed by atoms with van der Waals surface area (Å²) in [6.45, 7) is -0.111. The number of aliphatic hydroxyl groups excluding tert-OH is 1. The van der Waals surface area contributed by atoms with Gasteiger partial charge in [-0.05, 0) is 12.1 Å². The second-order valence-corrected chi connectivity index (χ2v) is 3.95. The first-order valence-electron chi connectivity index (χ1n) is 5.38. The van der Waals surface area contributed by atoms with E-state index in [4.69, 9.17) is 10.2 Å². The van der Waals surface area contributed by atoms with Crippen LogP contribution in [0.4, 0.5) is 0 Å². The fraction of sp³-hybridized carbons (Fsp3) is 0.250. The Labute approximate surface area is 102 Å². The maximum atomic E-state index is 11.9. The molecule has 18 heavy (non-hydrogen) atoms. The zero-order valence-corrected chi connectivity index (χ0v) is 9.37. The monoisotopic (exact) mass is 249 g/mol. The zero-order chi connectivity index (χ0) is 13.3. The van der Waals surface area contributed by atoms with Crippen LogP contribution in [0.5, 0.6) is 0 Å². The number of nitrogens with zero attached hydrogens (tertiary/aromatic N) is 1. The van der Waals surface area contributed by atoms with Crippen LogP contribution in [0.25, 0.3) is 0 Å². The van der Waals surface area contributed by atoms with Gasteiger partial charge in [-0.3, -0.25) is 14.5 Å². The van der Waals surface area contributed by atoms with E-state index < -0.39 is 23.9 Å². The van der Waals surface area contributed by atoms with Crippen LogP contribution in [-0.4, -0.2) is 45.5 Å². The fourth-order valence-corrected chi connectivity index (χ4v) is 1.82. The molecule has 6 nitrogen and oxygen atoms in total. The van der Waals surface area contributed by atoms with E-state index in [0.29, 0.717) is 11.1 Å². The molecular formula is C12H11NO5. The van der Waals surface area contributed by atoms with E-state index in [-0.39, 0.29) is 13.0 Å². The molecule has 1 aromatic rings. The van der Waals surface area contributed by atoms with Crippen molar-refractivity contribution in [1.29, 1.82) is 0 Å². The number of carboxylic acid groups (broad SMARTS) is 1. The number of imide groups is 1. The van der Waals surface area contributed by atoms with Crippen molar-refractivity contribution in [2.24, 2.45) is 0 Å². The standard InChI is InChI=1S/C12H11NO5/c14-9(12(17)18)5-6-13-10(15)7-3-1-2-4-8(7)11(13)16/h1-4,9,14H,5-6H2,(H,17,18)/t9-/m1/s1. The summed E-state index contributed by atoms with van der Waals surface area (Å²) in [7, 11) is 0. The number of benzene rings is 1. The minimum Gasteiger partial charge on any atom is -0.479 e. The van der Waals surface area contributed by atoms with Crippen molar-refractivity contribution in [2.45, 2.75) is 12.5 Å². The lowest BCUT2D eigenvalue weighted by atomic mass is 10.1. The van der Waals surface area contributed by atoms with Crippen LogP contribution in [0.15, 0.2) is 24.3 Å². The van der Waals surface area contributed by atoms with E-state index in [9.17, 15) is 14.4 Å². The molecule has 1 heterocycles. The summed E-state index contributed by atoms with van der Waals surface area (Å²) >= 11 is 0. The minimum atomic E-state index is -1.57. The van der Waals surface area contributed by atoms with E-state index in [1.807, 2.05) is 0 Å². The van der Waals surface area contributed by atoms with Crippen molar-refractivity contribution in [2.75, 3.05) is 6.54 Å². The Kier molecular flexibility index (Phi) is 3.12. The van der Waals surface area contributed by atoms with Crippen LogP contribution in [0.3, 0.4) is 0 Å². The van der Waals surface area contributed by atoms with Crippen LogP contribution in [-0.2, 0) is 4.79 Å². The van der Waals surface area contributed by atoms with Crippen LogP contribution in [0.2, 0.25) is 0 Å². The average Bonchev–Trinajstić information content (AvgIpc) is 2.60. The predicted octanol–water partition coefficient (Wildman–Crippen LogP) is 0.118. The van der Waals surface area contributed by atoms with Gasteiger partial charge < -0.3 is 10.2 Å². The summed E-state index contributed by atoms with van der Waals surface area (Å²) in [6, 6.07) is 6.39. The highest BCUT2D eigenvalue weighted by atomic mass is 16.4. The first kappa shape index (κ1) is 12.3. The number of aliphatic hydroxyl groups is 1. The van der Waals surface area contributed by atoms with Gasteiger partial charge in [0, 0.05) is 13.0 Å². The van der Waals surface area contributed by atoms with Crippen molar-refractivity contribution in [3.05, 3.63) is 35.4 Å². The Morgan fingerprint density at radius 2 is 1.67 bits per heavy atom. The highest BCUT2D eigenvalue weighted by molar-refractivity contribution is 6.21. The van der Waals surface area contributed by atoms with Crippen molar-refractivity contribution in [1.82, 2.24) is 4.90 Å². The van der Waals surface area contributed by atoms with E-state index >= 15 is 0 Å². The molecule has 94 valence electrons. The molecule has 0 saturated carbocycles. The molecule has 0 fully saturated rings. The van der Waals surface area contributed by atoms with Gasteiger partial charge in [0.15, 0.2) is 6.10 Å². The third-order valence-corrected chi connectivity index (χ3v) is 2.79. The highest BCUT2D eigenvalue weighted by Crippen LogP contribution is 2.22. The Morgan fingerprint density at radius 1 is 1.17 bits per heavy atom. The van der Waals surface area contributed by atoms with Crippen molar-refractivity contribution in [3.8, 4) is 0 Å². The van der Waals surface area contributed by atoms with Gasteiger partial charge in [0.05, 0.1) is 11.1 Å². The Hall–Kier alpha value is -2.21. The first-order valence-corrected chi connectivity index (χ1v) is 5.38. The Morgan fingerprint density at radius 3 is 2.11 bits per heavy atom. The number of rotatable bonds is 4. The van der Waals surface area contributed by atoms with Crippen molar-refractivity contribution in [3.63, 3.8) is 0 Å². The molecule has 2 N–H and O–H groups in total. The van der Waals surface area contributed by atoms with Gasteiger partial charge in [-0.2, -0.15) is 0 Å². The molecule has 0 aliphatic carbocycles. The lowest BCUT2D eigenvalue weighted by Gasteiger charge is -2.14. The van der Waals surface area contributed by atoms with Crippen LogP contribution in [0.1, 0.15) is 27.1 Å². The zero-order valence-electron chi connectivity index (χ0n) is 9.37. The molecule has 0 unspecified atom stereocenters. The molecule has 1 aliphatic rings. The summed E-state index contributed by atoms with van der Waals surface area (Å²) in [5, 5.41) is 17.7. The number of carbonyl (C=O) groups excluding carboxylic acids is 2. The lowest BCUT2D eigenvalue weighted by molar-refractivity contribution is -0.147. The Balaban J connectivity index is 2.12. The Bertz CT molecular complexity index is 490. The molecule has 1 aliphatic heterocycles. The topological polar surface area (TPSA) is 94.9 Å². The molecule has 2 amide bonds. The van der Waals surface area contributed by atoms with Crippen LogP contribution < -0.4 is 0 Å². The largest absolute Gasteiger partial charge is 0.479 e. The molecule has 0 radical (unpaired) electrons. The smallest absolute Gasteiger partial charge is 0.332 e. The predicted molar refractivity (Wildman–Crippen MR) is 60.1 cm³/mol. The van der Waals surface area contributed by atoms with Gasteiger partial charge in [0.2, 0.25) is 0 Å². The number of hydrogen-bond donors (Lipinski definition) is 2. The molecule has 0 aromatic heterocycles. The van der Waals surface area contributed by atoms with Crippen LogP contribution >= 0.6 is 0 Å². The molecule has 1 atom stereocenters. The van der Waals surface area contributed by atoms with Gasteiger partial charge in [-0.25, -0.2) is 4.79 Å². The summed E-state index contributed by atoms with van der Waals surface area (Å²) in [5.74, 6) is -2.27. The van der Waals surface area contributed by atoms with E-state index in [1.165, 1.54) is 0 Å². The van der Waals surface area contributed by atoms with Crippen molar-refractivity contribution >= 4 is 17.8 Å². The molecule has 0 spiro atoms. The van der Waals surface area contributed by atoms with Gasteiger partial charge >= 0.3 is 5.97 Å². The normalized spacial score (nSPS) is 15.7. The molecule has 2 rings (SSSR count). The van der Waals surface area contributed by atoms with Crippen LogP contribution in [0, 0.1) is 0 Å². The quantitative estimate of drug-likeness (QED) is 0.739. The number of carbonyl (C=O) groups is 3. The van der Waals surface area contributed by atoms with E-state index in [2.05, 4.69) is 0 Å². The maximum Gasteiger partial charge on any atom is 0.332 e. The SMILES string of the molecule is O=C(O)[C@H](O)CCN1C(=O)c2ccccc2C1=O. The minimum absolute atomic E-state index is 0.111. The second-order valence-electron chi connectivity index (χ2n) is 3.95. The summed E-state index contributed by atoms with van der Waals surface area (Å²) in [4.78, 5) is 35.1. The molecule has 6 heteroatoms. The fourth-order valence-electron chi connectivity index (χ4n) is 1.82. The third kappa shape index (κ3) is 1.98. The third-order valence-electron chi connectivity index (χ3n) is 2.79. The van der Waals surface area contributed by atoms with Gasteiger partial charge in [-0.1, -0.05) is 12.1 Å². The van der Waals surface area contributed by atoms with Gasteiger partial charge in [0.1, 0.15) is 0 Å². The number of amides is 2. The number of carboxylic acids is 1. The average molecular weight is 249 g/mol. The number of fused-ring (bicyclic) bond motifs is 1. The summed E-state index contributed by atoms with van der Waals surface area (Å²) in [6.07, 6.45) is -1.75. The van der Waals surface area contributed by atoms with Gasteiger partial charge in [-0.15, -0.1) is 0 Å². The lowest BCUT2D eigenvalue weighted by Crippen LogP contribution is -2.34. The molecule has 0 saturated heterocycles. The van der Waals surface area contributed by atoms with Gasteiger partial charge in [0.25, 0.3) is 11.8 Å². The number of aliphatic carboxylic acids is 1.